The van der Waals surface area contributed by atoms with Crippen LogP contribution in [0.2, 0.25) is 0 Å². The zero-order chi connectivity index (χ0) is 15.0. The molecule has 3 N–H and O–H groups in total. The van der Waals surface area contributed by atoms with Crippen LogP contribution in [0, 0.1) is 0 Å². The Kier molecular flexibility index (Phi) is 7.14. The first-order chi connectivity index (χ1) is 9.55. The molecule has 0 atom stereocenters. The van der Waals surface area contributed by atoms with Gasteiger partial charge in [-0.15, -0.1) is 0 Å². The molecule has 0 fully saturated rings. The number of rotatable bonds is 8. The normalized spacial score (nSPS) is 10.4. The Morgan fingerprint density at radius 1 is 1.30 bits per heavy atom. The van der Waals surface area contributed by atoms with Gasteiger partial charge in [0.25, 0.3) is 0 Å². The fraction of sp³-hybridized carbons (Fsp3) is 0.615. The molecule has 0 aliphatic rings. The molecule has 7 heteroatoms. The van der Waals surface area contributed by atoms with Crippen LogP contribution in [0.15, 0.2) is 11.2 Å². The molecule has 1 aromatic rings. The molecule has 0 saturated carbocycles. The van der Waals surface area contributed by atoms with Gasteiger partial charge in [-0.05, 0) is 27.0 Å². The lowest BCUT2D eigenvalue weighted by molar-refractivity contribution is -0.121. The SMILES string of the molecule is CCNc1cc(NCCC(=O)NC(C)C)nc(SC)n1. The number of nitrogens with zero attached hydrogens (tertiary/aromatic N) is 2. The first kappa shape index (κ1) is 16.6. The van der Waals surface area contributed by atoms with E-state index in [4.69, 9.17) is 0 Å². The molecule has 0 bridgehead atoms. The molecule has 0 saturated heterocycles. The van der Waals surface area contributed by atoms with Gasteiger partial charge in [0.05, 0.1) is 0 Å². The maximum atomic E-state index is 11.5. The number of anilines is 2. The highest BCUT2D eigenvalue weighted by molar-refractivity contribution is 7.98. The van der Waals surface area contributed by atoms with E-state index in [0.29, 0.717) is 18.1 Å². The van der Waals surface area contributed by atoms with Crippen molar-refractivity contribution in [3.63, 3.8) is 0 Å². The Labute approximate surface area is 124 Å². The average Bonchev–Trinajstić information content (AvgIpc) is 2.38. The predicted molar refractivity (Wildman–Crippen MR) is 84.4 cm³/mol. The lowest BCUT2D eigenvalue weighted by Crippen LogP contribution is -2.31. The summed E-state index contributed by atoms with van der Waals surface area (Å²) in [6.07, 6.45) is 2.36. The summed E-state index contributed by atoms with van der Waals surface area (Å²) in [5, 5.41) is 9.88. The van der Waals surface area contributed by atoms with Crippen molar-refractivity contribution in [1.82, 2.24) is 15.3 Å². The van der Waals surface area contributed by atoms with Crippen LogP contribution in [0.25, 0.3) is 0 Å². The number of hydrogen-bond donors (Lipinski definition) is 3. The second-order valence-corrected chi connectivity index (χ2v) is 5.33. The van der Waals surface area contributed by atoms with Crippen molar-refractivity contribution in [3.05, 3.63) is 6.07 Å². The number of thioether (sulfide) groups is 1. The van der Waals surface area contributed by atoms with Gasteiger partial charge in [0.2, 0.25) is 5.91 Å². The third-order valence-corrected chi connectivity index (χ3v) is 2.90. The molecule has 20 heavy (non-hydrogen) atoms. The van der Waals surface area contributed by atoms with E-state index in [1.165, 1.54) is 11.8 Å². The van der Waals surface area contributed by atoms with Crippen molar-refractivity contribution >= 4 is 29.3 Å². The third-order valence-electron chi connectivity index (χ3n) is 2.35. The highest BCUT2D eigenvalue weighted by atomic mass is 32.2. The minimum absolute atomic E-state index is 0.0403. The first-order valence-corrected chi connectivity index (χ1v) is 7.97. The Morgan fingerprint density at radius 2 is 1.95 bits per heavy atom. The summed E-state index contributed by atoms with van der Waals surface area (Å²) in [7, 11) is 0. The van der Waals surface area contributed by atoms with E-state index in [9.17, 15) is 4.79 Å². The van der Waals surface area contributed by atoms with Crippen molar-refractivity contribution in [3.8, 4) is 0 Å². The molecular formula is C13H23N5OS. The Morgan fingerprint density at radius 3 is 2.50 bits per heavy atom. The lowest BCUT2D eigenvalue weighted by atomic mass is 10.3. The highest BCUT2D eigenvalue weighted by Gasteiger charge is 2.05. The van der Waals surface area contributed by atoms with Crippen LogP contribution in [0.5, 0.6) is 0 Å². The molecular weight excluding hydrogens is 274 g/mol. The first-order valence-electron chi connectivity index (χ1n) is 6.75. The molecule has 6 nitrogen and oxygen atoms in total. The fourth-order valence-corrected chi connectivity index (χ4v) is 1.96. The van der Waals surface area contributed by atoms with Gasteiger partial charge >= 0.3 is 0 Å². The molecule has 0 spiro atoms. The zero-order valence-electron chi connectivity index (χ0n) is 12.5. The molecule has 1 rings (SSSR count). The average molecular weight is 297 g/mol. The van der Waals surface area contributed by atoms with Crippen LogP contribution in [0.4, 0.5) is 11.6 Å². The third kappa shape index (κ3) is 6.10. The molecule has 1 heterocycles. The molecule has 1 amide bonds. The Bertz CT molecular complexity index is 439. The monoisotopic (exact) mass is 297 g/mol. The zero-order valence-corrected chi connectivity index (χ0v) is 13.3. The second kappa shape index (κ2) is 8.63. The summed E-state index contributed by atoms with van der Waals surface area (Å²) in [5.41, 5.74) is 0. The predicted octanol–water partition coefficient (Wildman–Crippen LogP) is 1.96. The van der Waals surface area contributed by atoms with Crippen LogP contribution in [0.3, 0.4) is 0 Å². The van der Waals surface area contributed by atoms with Gasteiger partial charge in [-0.25, -0.2) is 9.97 Å². The van der Waals surface area contributed by atoms with E-state index in [2.05, 4.69) is 25.9 Å². The van der Waals surface area contributed by atoms with E-state index < -0.39 is 0 Å². The van der Waals surface area contributed by atoms with E-state index >= 15 is 0 Å². The van der Waals surface area contributed by atoms with E-state index in [0.717, 1.165) is 18.2 Å². The van der Waals surface area contributed by atoms with Crippen molar-refractivity contribution in [2.45, 2.75) is 38.4 Å². The van der Waals surface area contributed by atoms with Gasteiger partial charge in [-0.1, -0.05) is 11.8 Å². The molecule has 0 aliphatic heterocycles. The standard InChI is InChI=1S/C13H23N5OS/c1-5-14-10-8-11(18-13(17-10)20-4)15-7-6-12(19)16-9(2)3/h8-9H,5-7H2,1-4H3,(H,16,19)(H2,14,15,17,18). The summed E-state index contributed by atoms with van der Waals surface area (Å²) in [6.45, 7) is 7.27. The number of hydrogen-bond acceptors (Lipinski definition) is 6. The smallest absolute Gasteiger partial charge is 0.221 e. The van der Waals surface area contributed by atoms with Gasteiger partial charge in [0.1, 0.15) is 11.6 Å². The minimum atomic E-state index is 0.0403. The summed E-state index contributed by atoms with van der Waals surface area (Å²) < 4.78 is 0. The van der Waals surface area contributed by atoms with Crippen LogP contribution in [-0.4, -0.2) is 41.3 Å². The van der Waals surface area contributed by atoms with Crippen molar-refractivity contribution < 1.29 is 4.79 Å². The van der Waals surface area contributed by atoms with Gasteiger partial charge in [0.15, 0.2) is 5.16 Å². The number of carbonyl (C=O) groups is 1. The largest absolute Gasteiger partial charge is 0.370 e. The van der Waals surface area contributed by atoms with E-state index in [1.807, 2.05) is 33.1 Å². The van der Waals surface area contributed by atoms with Crippen LogP contribution >= 0.6 is 11.8 Å². The quantitative estimate of drug-likeness (QED) is 0.503. The molecule has 0 radical (unpaired) electrons. The maximum Gasteiger partial charge on any atom is 0.221 e. The second-order valence-electron chi connectivity index (χ2n) is 4.55. The number of nitrogens with one attached hydrogen (secondary N) is 3. The van der Waals surface area contributed by atoms with Crippen LogP contribution in [-0.2, 0) is 4.79 Å². The topological polar surface area (TPSA) is 78.9 Å². The number of carbonyl (C=O) groups excluding carboxylic acids is 1. The molecule has 112 valence electrons. The van der Waals surface area contributed by atoms with Crippen molar-refractivity contribution in [2.24, 2.45) is 0 Å². The van der Waals surface area contributed by atoms with Crippen molar-refractivity contribution in [2.75, 3.05) is 30.0 Å². The summed E-state index contributed by atoms with van der Waals surface area (Å²) in [6, 6.07) is 2.02. The molecule has 0 aliphatic carbocycles. The summed E-state index contributed by atoms with van der Waals surface area (Å²) >= 11 is 1.49. The van der Waals surface area contributed by atoms with Gasteiger partial charge in [0, 0.05) is 31.6 Å². The van der Waals surface area contributed by atoms with Gasteiger partial charge < -0.3 is 16.0 Å². The van der Waals surface area contributed by atoms with Gasteiger partial charge in [-0.2, -0.15) is 0 Å². The molecule has 1 aromatic heterocycles. The van der Waals surface area contributed by atoms with Crippen LogP contribution < -0.4 is 16.0 Å². The number of amides is 1. The van der Waals surface area contributed by atoms with E-state index in [-0.39, 0.29) is 11.9 Å². The molecule has 0 unspecified atom stereocenters. The fourth-order valence-electron chi connectivity index (χ4n) is 1.58. The maximum absolute atomic E-state index is 11.5. The highest BCUT2D eigenvalue weighted by Crippen LogP contribution is 2.17. The van der Waals surface area contributed by atoms with Gasteiger partial charge in [-0.3, -0.25) is 4.79 Å². The Hall–Kier alpha value is -1.50. The Balaban J connectivity index is 2.54. The molecule has 0 aromatic carbocycles. The van der Waals surface area contributed by atoms with Crippen LogP contribution in [0.1, 0.15) is 27.2 Å². The number of aromatic nitrogens is 2. The minimum Gasteiger partial charge on any atom is -0.370 e. The van der Waals surface area contributed by atoms with Crippen molar-refractivity contribution in [1.29, 1.82) is 0 Å². The summed E-state index contributed by atoms with van der Waals surface area (Å²) in [5.74, 6) is 1.57. The van der Waals surface area contributed by atoms with E-state index in [1.54, 1.807) is 0 Å². The summed E-state index contributed by atoms with van der Waals surface area (Å²) in [4.78, 5) is 20.2. The lowest BCUT2D eigenvalue weighted by Gasteiger charge is -2.11.